The molecule has 38 heavy (non-hydrogen) atoms. The highest BCUT2D eigenvalue weighted by Crippen LogP contribution is 2.30. The molecule has 0 bridgehead atoms. The van der Waals surface area contributed by atoms with Gasteiger partial charge >= 0.3 is 0 Å². The van der Waals surface area contributed by atoms with Crippen molar-refractivity contribution in [2.45, 2.75) is 26.9 Å². The average molecular weight is 536 g/mol. The standard InChI is InChI=1S/C27H30ClN7O3/c1-6-35-16(2)18(13-30-35)15-34(4)27(37)25-22-11-19(28)7-8-23(22)32-26(33-25)17-9-20(12-21(10-17)38-5)31-24(36)14-29-3/h7-13,29H,6,14-15H2,1-5H3,(H,31,36). The smallest absolute Gasteiger partial charge is 0.273 e. The number of nitrogens with one attached hydrogen (secondary N) is 2. The Hall–Kier alpha value is -4.02. The number of methoxy groups -OCH3 is 1. The molecule has 0 fully saturated rings. The Morgan fingerprint density at radius 3 is 2.63 bits per heavy atom. The van der Waals surface area contributed by atoms with E-state index in [2.05, 4.69) is 20.7 Å². The molecule has 0 saturated carbocycles. The van der Waals surface area contributed by atoms with Crippen molar-refractivity contribution in [1.82, 2.24) is 30.0 Å². The van der Waals surface area contributed by atoms with Gasteiger partial charge in [0.05, 0.1) is 25.4 Å². The number of halogens is 1. The molecule has 2 N–H and O–H groups in total. The molecule has 0 unspecified atom stereocenters. The van der Waals surface area contributed by atoms with E-state index in [0.717, 1.165) is 17.8 Å². The highest BCUT2D eigenvalue weighted by Gasteiger charge is 2.22. The number of benzene rings is 2. The summed E-state index contributed by atoms with van der Waals surface area (Å²) in [6, 6.07) is 10.4. The minimum atomic E-state index is -0.282. The van der Waals surface area contributed by atoms with Crippen LogP contribution in [0.3, 0.4) is 0 Å². The first kappa shape index (κ1) is 27.0. The Kier molecular flexibility index (Phi) is 8.23. The van der Waals surface area contributed by atoms with Crippen LogP contribution in [0, 0.1) is 6.92 Å². The van der Waals surface area contributed by atoms with Gasteiger partial charge in [-0.15, -0.1) is 0 Å². The van der Waals surface area contributed by atoms with Crippen LogP contribution in [0.1, 0.15) is 28.7 Å². The fraction of sp³-hybridized carbons (Fsp3) is 0.296. The number of hydrogen-bond acceptors (Lipinski definition) is 7. The fourth-order valence-corrected chi connectivity index (χ4v) is 4.32. The zero-order valence-corrected chi connectivity index (χ0v) is 22.8. The largest absolute Gasteiger partial charge is 0.497 e. The van der Waals surface area contributed by atoms with E-state index in [4.69, 9.17) is 21.3 Å². The van der Waals surface area contributed by atoms with Gasteiger partial charge in [-0.1, -0.05) is 11.6 Å². The van der Waals surface area contributed by atoms with Gasteiger partial charge in [-0.3, -0.25) is 14.3 Å². The van der Waals surface area contributed by atoms with Crippen molar-refractivity contribution < 1.29 is 14.3 Å². The Morgan fingerprint density at radius 2 is 1.95 bits per heavy atom. The fourth-order valence-electron chi connectivity index (χ4n) is 4.14. The topological polar surface area (TPSA) is 114 Å². The van der Waals surface area contributed by atoms with Crippen molar-refractivity contribution in [3.05, 3.63) is 64.6 Å². The van der Waals surface area contributed by atoms with Crippen LogP contribution in [0.5, 0.6) is 5.75 Å². The Labute approximate surface area is 226 Å². The van der Waals surface area contributed by atoms with E-state index in [9.17, 15) is 9.59 Å². The van der Waals surface area contributed by atoms with E-state index in [-0.39, 0.29) is 24.1 Å². The van der Waals surface area contributed by atoms with Gasteiger partial charge in [-0.25, -0.2) is 9.97 Å². The summed E-state index contributed by atoms with van der Waals surface area (Å²) in [6.45, 7) is 5.28. The molecule has 0 aliphatic carbocycles. The highest BCUT2D eigenvalue weighted by atomic mass is 35.5. The lowest BCUT2D eigenvalue weighted by Gasteiger charge is -2.18. The molecule has 2 aromatic carbocycles. The third kappa shape index (κ3) is 5.76. The van der Waals surface area contributed by atoms with Gasteiger partial charge in [0.2, 0.25) is 5.91 Å². The van der Waals surface area contributed by atoms with Crippen LogP contribution in [-0.4, -0.2) is 64.2 Å². The van der Waals surface area contributed by atoms with Gasteiger partial charge in [0.15, 0.2) is 5.82 Å². The first-order chi connectivity index (χ1) is 18.2. The SMILES string of the molecule is CCn1ncc(CN(C)C(=O)c2nc(-c3cc(NC(=O)CNC)cc(OC)c3)nc3ccc(Cl)cc23)c1C. The van der Waals surface area contributed by atoms with Crippen LogP contribution in [0.2, 0.25) is 5.02 Å². The van der Waals surface area contributed by atoms with Crippen molar-refractivity contribution >= 4 is 40.0 Å². The zero-order chi connectivity index (χ0) is 27.4. The lowest BCUT2D eigenvalue weighted by molar-refractivity contribution is -0.115. The summed E-state index contributed by atoms with van der Waals surface area (Å²) in [6.07, 6.45) is 1.78. The minimum Gasteiger partial charge on any atom is -0.497 e. The van der Waals surface area contributed by atoms with E-state index < -0.39 is 0 Å². The van der Waals surface area contributed by atoms with E-state index in [1.54, 1.807) is 61.6 Å². The number of fused-ring (bicyclic) bond motifs is 1. The van der Waals surface area contributed by atoms with Gasteiger partial charge in [0.25, 0.3) is 5.91 Å². The van der Waals surface area contributed by atoms with Gasteiger partial charge in [-0.2, -0.15) is 5.10 Å². The summed E-state index contributed by atoms with van der Waals surface area (Å²) in [5.41, 5.74) is 3.85. The number of likely N-dealkylation sites (N-methyl/N-ethyl adjacent to an activating group) is 1. The molecular formula is C27H30ClN7O3. The van der Waals surface area contributed by atoms with Gasteiger partial charge in [0, 0.05) is 59.1 Å². The average Bonchev–Trinajstić information content (AvgIpc) is 3.26. The second-order valence-corrected chi connectivity index (χ2v) is 9.25. The predicted molar refractivity (Wildman–Crippen MR) is 148 cm³/mol. The number of carbonyl (C=O) groups is 2. The molecule has 0 atom stereocenters. The minimum absolute atomic E-state index is 0.154. The van der Waals surface area contributed by atoms with Crippen LogP contribution in [-0.2, 0) is 17.9 Å². The van der Waals surface area contributed by atoms with Crippen molar-refractivity contribution in [1.29, 1.82) is 0 Å². The number of aromatic nitrogens is 4. The van der Waals surface area contributed by atoms with Crippen molar-refractivity contribution in [3.63, 3.8) is 0 Å². The summed E-state index contributed by atoms with van der Waals surface area (Å²) in [7, 11) is 4.96. The first-order valence-corrected chi connectivity index (χ1v) is 12.5. The Morgan fingerprint density at radius 1 is 1.16 bits per heavy atom. The molecule has 0 aliphatic heterocycles. The van der Waals surface area contributed by atoms with Crippen molar-refractivity contribution in [2.24, 2.45) is 0 Å². The lowest BCUT2D eigenvalue weighted by Crippen LogP contribution is -2.28. The number of hydrogen-bond donors (Lipinski definition) is 2. The van der Waals surface area contributed by atoms with Crippen LogP contribution in [0.15, 0.2) is 42.6 Å². The van der Waals surface area contributed by atoms with Gasteiger partial charge < -0.3 is 20.3 Å². The van der Waals surface area contributed by atoms with E-state index in [0.29, 0.717) is 45.3 Å². The third-order valence-corrected chi connectivity index (χ3v) is 6.38. The zero-order valence-electron chi connectivity index (χ0n) is 22.0. The molecule has 0 aliphatic rings. The molecule has 2 amide bonds. The third-order valence-electron chi connectivity index (χ3n) is 6.14. The summed E-state index contributed by atoms with van der Waals surface area (Å²) in [4.78, 5) is 36.9. The molecule has 4 rings (SSSR count). The van der Waals surface area contributed by atoms with E-state index in [1.807, 2.05) is 18.5 Å². The highest BCUT2D eigenvalue weighted by molar-refractivity contribution is 6.31. The number of nitrogens with zero attached hydrogens (tertiary/aromatic N) is 5. The molecule has 0 spiro atoms. The second kappa shape index (κ2) is 11.6. The summed E-state index contributed by atoms with van der Waals surface area (Å²) < 4.78 is 7.33. The maximum Gasteiger partial charge on any atom is 0.273 e. The molecule has 0 saturated heterocycles. The first-order valence-electron chi connectivity index (χ1n) is 12.1. The second-order valence-electron chi connectivity index (χ2n) is 8.82. The van der Waals surface area contributed by atoms with Crippen LogP contribution in [0.25, 0.3) is 22.3 Å². The van der Waals surface area contributed by atoms with Gasteiger partial charge in [0.1, 0.15) is 11.4 Å². The van der Waals surface area contributed by atoms with Gasteiger partial charge in [-0.05, 0) is 51.2 Å². The molecule has 4 aromatic rings. The molecular weight excluding hydrogens is 506 g/mol. The molecule has 10 nitrogen and oxygen atoms in total. The van der Waals surface area contributed by atoms with Crippen LogP contribution < -0.4 is 15.4 Å². The van der Waals surface area contributed by atoms with Crippen molar-refractivity contribution in [2.75, 3.05) is 33.1 Å². The summed E-state index contributed by atoms with van der Waals surface area (Å²) >= 11 is 6.28. The predicted octanol–water partition coefficient (Wildman–Crippen LogP) is 3.91. The van der Waals surface area contributed by atoms with Crippen LogP contribution in [0.4, 0.5) is 5.69 Å². The molecule has 2 heterocycles. The summed E-state index contributed by atoms with van der Waals surface area (Å²) in [5, 5.41) is 11.0. The van der Waals surface area contributed by atoms with E-state index >= 15 is 0 Å². The molecule has 0 radical (unpaired) electrons. The number of carbonyl (C=O) groups excluding carboxylic acids is 2. The number of anilines is 1. The molecule has 11 heteroatoms. The number of ether oxygens (including phenoxy) is 1. The lowest BCUT2D eigenvalue weighted by atomic mass is 10.1. The Bertz CT molecular complexity index is 1500. The number of aryl methyl sites for hydroxylation is 1. The number of amides is 2. The monoisotopic (exact) mass is 535 g/mol. The molecule has 198 valence electrons. The quantitative estimate of drug-likeness (QED) is 0.334. The Balaban J connectivity index is 1.77. The normalized spacial score (nSPS) is 11.0. The molecule has 2 aromatic heterocycles. The maximum absolute atomic E-state index is 13.7. The number of rotatable bonds is 9. The van der Waals surface area contributed by atoms with Crippen molar-refractivity contribution in [3.8, 4) is 17.1 Å². The summed E-state index contributed by atoms with van der Waals surface area (Å²) in [5.74, 6) is 0.333. The van der Waals surface area contributed by atoms with E-state index in [1.165, 1.54) is 7.11 Å². The van der Waals surface area contributed by atoms with Crippen LogP contribution >= 0.6 is 11.6 Å². The maximum atomic E-state index is 13.7.